The van der Waals surface area contributed by atoms with Crippen molar-refractivity contribution >= 4 is 5.84 Å². The normalized spacial score (nSPS) is 21.0. The molecule has 0 saturated carbocycles. The molecule has 6 heteroatoms. The molecule has 1 saturated heterocycles. The Morgan fingerprint density at radius 1 is 1.69 bits per heavy atom. The van der Waals surface area contributed by atoms with Crippen molar-refractivity contribution in [1.82, 2.24) is 4.98 Å². The summed E-state index contributed by atoms with van der Waals surface area (Å²) in [6.45, 7) is 1.32. The maximum atomic E-state index is 8.53. The maximum absolute atomic E-state index is 8.53. The molecule has 2 heterocycles. The predicted octanol–water partition coefficient (Wildman–Crippen LogP) is 0.344. The van der Waals surface area contributed by atoms with Gasteiger partial charge in [-0.15, -0.1) is 0 Å². The van der Waals surface area contributed by atoms with E-state index in [2.05, 4.69) is 10.1 Å². The lowest BCUT2D eigenvalue weighted by Crippen LogP contribution is -2.18. The zero-order chi connectivity index (χ0) is 11.4. The largest absolute Gasteiger partial charge is 0.488 e. The van der Waals surface area contributed by atoms with Crippen LogP contribution < -0.4 is 10.5 Å². The first-order valence-electron chi connectivity index (χ1n) is 4.98. The Morgan fingerprint density at radius 2 is 2.56 bits per heavy atom. The van der Waals surface area contributed by atoms with Crippen molar-refractivity contribution in [2.75, 3.05) is 13.2 Å². The lowest BCUT2D eigenvalue weighted by Gasteiger charge is -2.11. The number of pyridine rings is 1. The van der Waals surface area contributed by atoms with Crippen molar-refractivity contribution < 1.29 is 14.7 Å². The summed E-state index contributed by atoms with van der Waals surface area (Å²) >= 11 is 0. The highest BCUT2D eigenvalue weighted by Crippen LogP contribution is 2.16. The van der Waals surface area contributed by atoms with E-state index >= 15 is 0 Å². The van der Waals surface area contributed by atoms with Gasteiger partial charge < -0.3 is 20.4 Å². The van der Waals surface area contributed by atoms with Crippen molar-refractivity contribution in [3.63, 3.8) is 0 Å². The van der Waals surface area contributed by atoms with E-state index < -0.39 is 0 Å². The summed E-state index contributed by atoms with van der Waals surface area (Å²) in [7, 11) is 0. The molecule has 86 valence electrons. The van der Waals surface area contributed by atoms with Crippen LogP contribution in [0.25, 0.3) is 0 Å². The van der Waals surface area contributed by atoms with E-state index in [1.807, 2.05) is 0 Å². The fourth-order valence-corrected chi connectivity index (χ4v) is 1.47. The van der Waals surface area contributed by atoms with E-state index in [9.17, 15) is 0 Å². The Balaban J connectivity index is 2.09. The lowest BCUT2D eigenvalue weighted by molar-refractivity contribution is 0.141. The Kier molecular flexibility index (Phi) is 3.21. The maximum Gasteiger partial charge on any atom is 0.188 e. The Bertz CT molecular complexity index is 389. The van der Waals surface area contributed by atoms with Gasteiger partial charge in [0.1, 0.15) is 17.5 Å². The van der Waals surface area contributed by atoms with Gasteiger partial charge in [-0.1, -0.05) is 5.16 Å². The smallest absolute Gasteiger partial charge is 0.188 e. The second kappa shape index (κ2) is 4.80. The zero-order valence-electron chi connectivity index (χ0n) is 8.67. The molecule has 0 amide bonds. The molecule has 1 aliphatic rings. The highest BCUT2D eigenvalue weighted by molar-refractivity contribution is 5.95. The molecule has 6 nitrogen and oxygen atoms in total. The summed E-state index contributed by atoms with van der Waals surface area (Å²) in [4.78, 5) is 3.96. The minimum Gasteiger partial charge on any atom is -0.488 e. The van der Waals surface area contributed by atoms with Crippen molar-refractivity contribution in [3.05, 3.63) is 24.0 Å². The number of hydrogen-bond donors (Lipinski definition) is 2. The quantitative estimate of drug-likeness (QED) is 0.334. The molecule has 0 aromatic carbocycles. The number of aromatic nitrogens is 1. The molecule has 2 rings (SSSR count). The molecule has 1 aliphatic heterocycles. The van der Waals surface area contributed by atoms with Gasteiger partial charge in [0.05, 0.1) is 13.2 Å². The standard InChI is InChI=1S/C10H13N3O3/c11-10(13-14)9-5-7(1-3-12-9)16-8-2-4-15-6-8/h1,3,5,8,14H,2,4,6H2,(H2,11,13). The van der Waals surface area contributed by atoms with E-state index in [1.165, 1.54) is 0 Å². The number of amidine groups is 1. The molecule has 16 heavy (non-hydrogen) atoms. The molecule has 1 aromatic heterocycles. The first-order chi connectivity index (χ1) is 7.79. The van der Waals surface area contributed by atoms with Crippen LogP contribution >= 0.6 is 0 Å². The Hall–Kier alpha value is -1.82. The molecule has 0 bridgehead atoms. The fourth-order valence-electron chi connectivity index (χ4n) is 1.47. The topological polar surface area (TPSA) is 90.0 Å². The second-order valence-electron chi connectivity index (χ2n) is 3.47. The third kappa shape index (κ3) is 2.40. The number of rotatable bonds is 3. The van der Waals surface area contributed by atoms with Gasteiger partial charge >= 0.3 is 0 Å². The molecule has 1 unspecified atom stereocenters. The van der Waals surface area contributed by atoms with Crippen LogP contribution in [0, 0.1) is 0 Å². The van der Waals surface area contributed by atoms with Crippen LogP contribution in [0.15, 0.2) is 23.5 Å². The SMILES string of the molecule is NC(=NO)c1cc(OC2CCOC2)ccn1. The van der Waals surface area contributed by atoms with Gasteiger partial charge in [0.2, 0.25) is 0 Å². The zero-order valence-corrected chi connectivity index (χ0v) is 8.67. The third-order valence-electron chi connectivity index (χ3n) is 2.29. The van der Waals surface area contributed by atoms with Crippen LogP contribution in [0.4, 0.5) is 0 Å². The molecule has 1 aromatic rings. The van der Waals surface area contributed by atoms with E-state index in [1.54, 1.807) is 18.3 Å². The molecule has 0 radical (unpaired) electrons. The van der Waals surface area contributed by atoms with Gasteiger partial charge in [-0.3, -0.25) is 4.98 Å². The molecular formula is C10H13N3O3. The Morgan fingerprint density at radius 3 is 3.25 bits per heavy atom. The van der Waals surface area contributed by atoms with E-state index in [-0.39, 0.29) is 11.9 Å². The van der Waals surface area contributed by atoms with Crippen LogP contribution in [0.2, 0.25) is 0 Å². The summed E-state index contributed by atoms with van der Waals surface area (Å²) < 4.78 is 10.9. The summed E-state index contributed by atoms with van der Waals surface area (Å²) in [5.74, 6) is 0.611. The van der Waals surface area contributed by atoms with E-state index in [4.69, 9.17) is 20.4 Å². The summed E-state index contributed by atoms with van der Waals surface area (Å²) in [5, 5.41) is 11.4. The van der Waals surface area contributed by atoms with Gasteiger partial charge in [-0.2, -0.15) is 0 Å². The first kappa shape index (κ1) is 10.7. The van der Waals surface area contributed by atoms with Gasteiger partial charge in [-0.05, 0) is 6.07 Å². The second-order valence-corrected chi connectivity index (χ2v) is 3.47. The monoisotopic (exact) mass is 223 g/mol. The van der Waals surface area contributed by atoms with Crippen molar-refractivity contribution in [2.45, 2.75) is 12.5 Å². The molecule has 1 fully saturated rings. The van der Waals surface area contributed by atoms with Crippen LogP contribution in [0.3, 0.4) is 0 Å². The molecular weight excluding hydrogens is 210 g/mol. The fraction of sp³-hybridized carbons (Fsp3) is 0.400. The summed E-state index contributed by atoms with van der Waals surface area (Å²) in [6, 6.07) is 3.36. The molecule has 1 atom stereocenters. The molecule has 3 N–H and O–H groups in total. The van der Waals surface area contributed by atoms with Crippen LogP contribution in [0.5, 0.6) is 5.75 Å². The van der Waals surface area contributed by atoms with E-state index in [0.29, 0.717) is 18.1 Å². The Labute approximate surface area is 92.7 Å². The average molecular weight is 223 g/mol. The van der Waals surface area contributed by atoms with Crippen LogP contribution in [-0.4, -0.2) is 35.3 Å². The molecule has 0 aliphatic carbocycles. The first-order valence-corrected chi connectivity index (χ1v) is 4.98. The van der Waals surface area contributed by atoms with Crippen molar-refractivity contribution in [1.29, 1.82) is 0 Å². The van der Waals surface area contributed by atoms with Crippen LogP contribution in [-0.2, 0) is 4.74 Å². The van der Waals surface area contributed by atoms with Gasteiger partial charge in [0, 0.05) is 18.7 Å². The molecule has 0 spiro atoms. The highest BCUT2D eigenvalue weighted by atomic mass is 16.5. The third-order valence-corrected chi connectivity index (χ3v) is 2.29. The number of oxime groups is 1. The number of ether oxygens (including phenoxy) is 2. The number of nitrogens with two attached hydrogens (primary N) is 1. The van der Waals surface area contributed by atoms with E-state index in [0.717, 1.165) is 13.0 Å². The van der Waals surface area contributed by atoms with Gasteiger partial charge in [0.15, 0.2) is 5.84 Å². The highest BCUT2D eigenvalue weighted by Gasteiger charge is 2.17. The van der Waals surface area contributed by atoms with Crippen molar-refractivity contribution in [2.24, 2.45) is 10.9 Å². The van der Waals surface area contributed by atoms with Crippen LogP contribution in [0.1, 0.15) is 12.1 Å². The van der Waals surface area contributed by atoms with Gasteiger partial charge in [0.25, 0.3) is 0 Å². The van der Waals surface area contributed by atoms with Gasteiger partial charge in [-0.25, -0.2) is 0 Å². The summed E-state index contributed by atoms with van der Waals surface area (Å²) in [6.07, 6.45) is 2.50. The minimum absolute atomic E-state index is 0.0341. The number of hydrogen-bond acceptors (Lipinski definition) is 5. The predicted molar refractivity (Wildman–Crippen MR) is 56.6 cm³/mol. The number of nitrogens with zero attached hydrogens (tertiary/aromatic N) is 2. The minimum atomic E-state index is -0.0341. The average Bonchev–Trinajstić information content (AvgIpc) is 2.81. The van der Waals surface area contributed by atoms with Crippen molar-refractivity contribution in [3.8, 4) is 5.75 Å². The lowest BCUT2D eigenvalue weighted by atomic mass is 10.3. The summed E-state index contributed by atoms with van der Waals surface area (Å²) in [5.41, 5.74) is 5.82.